The molecule has 1 aromatic carbocycles. The number of methoxy groups -OCH3 is 1. The Kier molecular flexibility index (Phi) is 7.08. The van der Waals surface area contributed by atoms with Crippen LogP contribution in [0.2, 0.25) is 0 Å². The van der Waals surface area contributed by atoms with Gasteiger partial charge in [-0.25, -0.2) is 4.79 Å². The van der Waals surface area contributed by atoms with Crippen molar-refractivity contribution in [2.75, 3.05) is 25.1 Å². The van der Waals surface area contributed by atoms with Crippen molar-refractivity contribution in [2.24, 2.45) is 5.92 Å². The molecule has 0 spiro atoms. The number of aryl methyl sites for hydroxylation is 1. The van der Waals surface area contributed by atoms with Gasteiger partial charge in [0.05, 0.1) is 18.5 Å². The van der Waals surface area contributed by atoms with E-state index in [-0.39, 0.29) is 5.56 Å². The fraction of sp³-hybridized carbons (Fsp3) is 0.520. The fourth-order valence-electron chi connectivity index (χ4n) is 4.44. The SMILES string of the molecule is CC(C)C.CCc1c2c(cc(N3CCCC3)c1OC)-c1cc(=O)c(C(=O)O)cn1CC2. The Balaban J connectivity index is 0.000000628. The number of aromatic carboxylic acids is 1. The second-order valence-electron chi connectivity index (χ2n) is 8.90. The van der Waals surface area contributed by atoms with Crippen molar-refractivity contribution >= 4 is 11.7 Å². The zero-order chi connectivity index (χ0) is 22.7. The fourth-order valence-corrected chi connectivity index (χ4v) is 4.44. The van der Waals surface area contributed by atoms with Crippen LogP contribution in [-0.2, 0) is 19.4 Å². The Morgan fingerprint density at radius 3 is 2.35 bits per heavy atom. The Labute approximate surface area is 184 Å². The second-order valence-corrected chi connectivity index (χ2v) is 8.90. The van der Waals surface area contributed by atoms with Gasteiger partial charge >= 0.3 is 5.97 Å². The molecule has 3 heterocycles. The van der Waals surface area contributed by atoms with Crippen LogP contribution in [0.4, 0.5) is 5.69 Å². The summed E-state index contributed by atoms with van der Waals surface area (Å²) in [6.07, 6.45) is 5.46. The third kappa shape index (κ3) is 4.63. The number of rotatable bonds is 4. The van der Waals surface area contributed by atoms with Crippen LogP contribution in [0, 0.1) is 5.92 Å². The maximum atomic E-state index is 12.3. The van der Waals surface area contributed by atoms with Gasteiger partial charge in [-0.1, -0.05) is 27.7 Å². The molecule has 1 fully saturated rings. The van der Waals surface area contributed by atoms with Gasteiger partial charge in [0.2, 0.25) is 0 Å². The first-order chi connectivity index (χ1) is 14.8. The molecule has 31 heavy (non-hydrogen) atoms. The van der Waals surface area contributed by atoms with Crippen molar-refractivity contribution in [3.8, 4) is 17.0 Å². The number of carboxylic acid groups (broad SMARTS) is 1. The average Bonchev–Trinajstić information content (AvgIpc) is 3.25. The quantitative estimate of drug-likeness (QED) is 0.773. The van der Waals surface area contributed by atoms with Gasteiger partial charge < -0.3 is 19.3 Å². The molecule has 4 rings (SSSR count). The van der Waals surface area contributed by atoms with E-state index < -0.39 is 11.4 Å². The van der Waals surface area contributed by atoms with Gasteiger partial charge in [0.15, 0.2) is 5.43 Å². The molecule has 0 atom stereocenters. The predicted molar refractivity (Wildman–Crippen MR) is 125 cm³/mol. The van der Waals surface area contributed by atoms with Crippen molar-refractivity contribution in [3.63, 3.8) is 0 Å². The molecule has 0 unspecified atom stereocenters. The van der Waals surface area contributed by atoms with Gasteiger partial charge in [0, 0.05) is 37.5 Å². The zero-order valence-corrected chi connectivity index (χ0v) is 19.3. The smallest absolute Gasteiger partial charge is 0.341 e. The third-order valence-corrected chi connectivity index (χ3v) is 5.72. The molecular weight excluding hydrogens is 392 g/mol. The minimum Gasteiger partial charge on any atom is -0.494 e. The molecule has 6 nitrogen and oxygen atoms in total. The van der Waals surface area contributed by atoms with Crippen LogP contribution in [0.5, 0.6) is 5.75 Å². The van der Waals surface area contributed by atoms with E-state index in [1.54, 1.807) is 7.11 Å². The third-order valence-electron chi connectivity index (χ3n) is 5.72. The van der Waals surface area contributed by atoms with Crippen LogP contribution in [-0.4, -0.2) is 35.8 Å². The summed E-state index contributed by atoms with van der Waals surface area (Å²) in [7, 11) is 1.72. The second kappa shape index (κ2) is 9.58. The molecule has 1 aromatic heterocycles. The number of hydrogen-bond donors (Lipinski definition) is 1. The highest BCUT2D eigenvalue weighted by atomic mass is 16.5. The Bertz CT molecular complexity index is 1010. The van der Waals surface area contributed by atoms with Crippen LogP contribution in [0.15, 0.2) is 23.1 Å². The summed E-state index contributed by atoms with van der Waals surface area (Å²) in [5.74, 6) is 0.596. The van der Waals surface area contributed by atoms with Crippen molar-refractivity contribution in [3.05, 3.63) is 45.2 Å². The Morgan fingerprint density at radius 1 is 1.16 bits per heavy atom. The number of carbonyl (C=O) groups is 1. The van der Waals surface area contributed by atoms with Gasteiger partial charge in [-0.2, -0.15) is 0 Å². The lowest BCUT2D eigenvalue weighted by atomic mass is 9.89. The number of aromatic nitrogens is 1. The molecule has 0 radical (unpaired) electrons. The summed E-state index contributed by atoms with van der Waals surface area (Å²) in [6, 6.07) is 3.60. The summed E-state index contributed by atoms with van der Waals surface area (Å²) in [5, 5.41) is 9.26. The van der Waals surface area contributed by atoms with Gasteiger partial charge in [0.1, 0.15) is 11.3 Å². The van der Waals surface area contributed by atoms with E-state index >= 15 is 0 Å². The zero-order valence-electron chi connectivity index (χ0n) is 19.3. The maximum absolute atomic E-state index is 12.3. The molecule has 168 valence electrons. The molecule has 1 saturated heterocycles. The molecule has 0 saturated carbocycles. The van der Waals surface area contributed by atoms with Crippen molar-refractivity contribution in [1.29, 1.82) is 0 Å². The number of anilines is 1. The Hall–Kier alpha value is -2.76. The number of nitrogens with zero attached hydrogens (tertiary/aromatic N) is 2. The predicted octanol–water partition coefficient (Wildman–Crippen LogP) is 4.60. The monoisotopic (exact) mass is 426 g/mol. The maximum Gasteiger partial charge on any atom is 0.341 e. The van der Waals surface area contributed by atoms with Crippen molar-refractivity contribution < 1.29 is 14.6 Å². The minimum atomic E-state index is -1.18. The highest BCUT2D eigenvalue weighted by molar-refractivity contribution is 5.88. The van der Waals surface area contributed by atoms with E-state index in [2.05, 4.69) is 38.7 Å². The highest BCUT2D eigenvalue weighted by Crippen LogP contribution is 2.43. The van der Waals surface area contributed by atoms with Gasteiger partial charge in [0.25, 0.3) is 0 Å². The first kappa shape index (κ1) is 22.9. The summed E-state index contributed by atoms with van der Waals surface area (Å²) in [6.45, 7) is 11.3. The number of carboxylic acids is 1. The number of ether oxygens (including phenoxy) is 1. The lowest BCUT2D eigenvalue weighted by Gasteiger charge is -2.30. The minimum absolute atomic E-state index is 0.175. The van der Waals surface area contributed by atoms with Crippen molar-refractivity contribution in [2.45, 2.75) is 59.9 Å². The summed E-state index contributed by atoms with van der Waals surface area (Å²) in [5.41, 5.74) is 4.68. The summed E-state index contributed by atoms with van der Waals surface area (Å²) in [4.78, 5) is 26.0. The first-order valence-electron chi connectivity index (χ1n) is 11.2. The molecule has 2 aromatic rings. The molecule has 0 aliphatic carbocycles. The topological polar surface area (TPSA) is 71.8 Å². The van der Waals surface area contributed by atoms with Gasteiger partial charge in [-0.3, -0.25) is 4.79 Å². The molecule has 2 aliphatic heterocycles. The van der Waals surface area contributed by atoms with Crippen LogP contribution in [0.1, 0.15) is 62.0 Å². The molecule has 6 heteroatoms. The number of benzene rings is 1. The van der Waals surface area contributed by atoms with E-state index in [0.29, 0.717) is 6.54 Å². The Morgan fingerprint density at radius 2 is 1.81 bits per heavy atom. The van der Waals surface area contributed by atoms with E-state index in [9.17, 15) is 14.7 Å². The number of pyridine rings is 1. The lowest BCUT2D eigenvalue weighted by Crippen LogP contribution is -2.24. The van der Waals surface area contributed by atoms with Crippen molar-refractivity contribution in [1.82, 2.24) is 4.57 Å². The number of fused-ring (bicyclic) bond motifs is 3. The number of hydrogen-bond acceptors (Lipinski definition) is 4. The lowest BCUT2D eigenvalue weighted by molar-refractivity contribution is 0.0694. The largest absolute Gasteiger partial charge is 0.494 e. The van der Waals surface area contributed by atoms with E-state index in [1.165, 1.54) is 36.2 Å². The summed E-state index contributed by atoms with van der Waals surface area (Å²) < 4.78 is 7.72. The molecule has 1 N–H and O–H groups in total. The van der Waals surface area contributed by atoms with Crippen LogP contribution in [0.25, 0.3) is 11.3 Å². The average molecular weight is 427 g/mol. The van der Waals surface area contributed by atoms with Crippen LogP contribution in [0.3, 0.4) is 0 Å². The normalized spacial score (nSPS) is 14.6. The molecule has 0 bridgehead atoms. The van der Waals surface area contributed by atoms with Crippen LogP contribution < -0.4 is 15.1 Å². The highest BCUT2D eigenvalue weighted by Gasteiger charge is 2.27. The van der Waals surface area contributed by atoms with E-state index in [1.807, 2.05) is 4.57 Å². The standard InChI is InChI=1S/C21H24N2O4.C4H10/c1-3-13-14-6-9-23-12-16(21(25)26)19(24)11-17(23)15(14)10-18(20(13)27-2)22-7-4-5-8-22;1-4(2)3/h10-12H,3-9H2,1-2H3,(H,25,26);4H,1-3H3. The molecule has 0 amide bonds. The van der Waals surface area contributed by atoms with Crippen LogP contribution >= 0.6 is 0 Å². The molecular formula is C25H34N2O4. The van der Waals surface area contributed by atoms with Gasteiger partial charge in [-0.05, 0) is 48.8 Å². The first-order valence-corrected chi connectivity index (χ1v) is 11.2. The van der Waals surface area contributed by atoms with Gasteiger partial charge in [-0.15, -0.1) is 0 Å². The summed E-state index contributed by atoms with van der Waals surface area (Å²) >= 11 is 0. The molecule has 2 aliphatic rings. The van der Waals surface area contributed by atoms with E-state index in [4.69, 9.17) is 4.74 Å². The van der Waals surface area contributed by atoms with E-state index in [0.717, 1.165) is 54.5 Å².